The van der Waals surface area contributed by atoms with Crippen molar-refractivity contribution < 1.29 is 29.1 Å². The average Bonchev–Trinajstić information content (AvgIpc) is 3.09. The van der Waals surface area contributed by atoms with Crippen LogP contribution in [0.1, 0.15) is 63.5 Å². The van der Waals surface area contributed by atoms with Crippen molar-refractivity contribution in [1.29, 1.82) is 0 Å². The van der Waals surface area contributed by atoms with Gasteiger partial charge in [-0.05, 0) is 68.5 Å². The Kier molecular flexibility index (Phi) is 14.4. The van der Waals surface area contributed by atoms with E-state index in [2.05, 4.69) is 16.0 Å². The molecule has 1 spiro atoms. The van der Waals surface area contributed by atoms with Crippen molar-refractivity contribution in [2.75, 3.05) is 32.7 Å². The highest BCUT2D eigenvalue weighted by molar-refractivity contribution is 5.95. The normalized spacial score (nSPS) is 17.5. The molecular formula is C38H55N7O6. The van der Waals surface area contributed by atoms with Gasteiger partial charge in [-0.25, -0.2) is 4.79 Å². The molecule has 0 radical (unpaired) electrons. The predicted molar refractivity (Wildman–Crippen MR) is 194 cm³/mol. The number of amides is 5. The van der Waals surface area contributed by atoms with Crippen molar-refractivity contribution in [1.82, 2.24) is 25.8 Å². The van der Waals surface area contributed by atoms with Crippen LogP contribution in [0.4, 0.5) is 4.79 Å². The molecule has 2 aromatic carbocycles. The predicted octanol–water partition coefficient (Wildman–Crippen LogP) is 2.03. The van der Waals surface area contributed by atoms with Gasteiger partial charge < -0.3 is 42.3 Å². The number of rotatable bonds is 17. The zero-order chi connectivity index (χ0) is 37.0. The van der Waals surface area contributed by atoms with Crippen molar-refractivity contribution in [3.8, 4) is 0 Å². The summed E-state index contributed by atoms with van der Waals surface area (Å²) in [5, 5.41) is 17.9. The van der Waals surface area contributed by atoms with Crippen LogP contribution in [0.2, 0.25) is 0 Å². The van der Waals surface area contributed by atoms with Crippen LogP contribution in [0, 0.1) is 11.3 Å². The summed E-state index contributed by atoms with van der Waals surface area (Å²) in [5.74, 6) is -1.64. The fourth-order valence-corrected chi connectivity index (χ4v) is 6.93. The first-order valence-electron chi connectivity index (χ1n) is 18.1. The molecular weight excluding hydrogens is 650 g/mol. The van der Waals surface area contributed by atoms with Crippen LogP contribution in [0.25, 0.3) is 0 Å². The lowest BCUT2D eigenvalue weighted by Gasteiger charge is -2.53. The van der Waals surface area contributed by atoms with Gasteiger partial charge in [0.2, 0.25) is 23.6 Å². The second kappa shape index (κ2) is 18.7. The van der Waals surface area contributed by atoms with E-state index < -0.39 is 48.0 Å². The average molecular weight is 706 g/mol. The third-order valence-electron chi connectivity index (χ3n) is 9.91. The summed E-state index contributed by atoms with van der Waals surface area (Å²) >= 11 is 0. The monoisotopic (exact) mass is 705 g/mol. The summed E-state index contributed by atoms with van der Waals surface area (Å²) in [6, 6.07) is 15.0. The number of nitrogens with zero attached hydrogens (tertiary/aromatic N) is 2. The minimum absolute atomic E-state index is 0.0278. The third-order valence-corrected chi connectivity index (χ3v) is 9.91. The van der Waals surface area contributed by atoms with Gasteiger partial charge in [0.05, 0.1) is 6.04 Å². The SMILES string of the molecule is CC(C)C[C@@H](NC(=O)[C@@H](Cc1ccccc1)NC(=O)[C@H](N)Cc1ccccc1)C(=O)N[C@H](CCCCN)C(=O)N1CCC2(CC1)CN(C(=O)O)C2. The molecule has 0 aliphatic carbocycles. The van der Waals surface area contributed by atoms with Gasteiger partial charge in [0, 0.05) is 38.0 Å². The summed E-state index contributed by atoms with van der Waals surface area (Å²) in [6.07, 6.45) is 2.98. The van der Waals surface area contributed by atoms with Crippen molar-refractivity contribution in [2.45, 2.75) is 89.4 Å². The van der Waals surface area contributed by atoms with Gasteiger partial charge in [-0.3, -0.25) is 19.2 Å². The molecule has 4 atom stereocenters. The summed E-state index contributed by atoms with van der Waals surface area (Å²) in [7, 11) is 0. The number of carbonyl (C=O) groups excluding carboxylic acids is 4. The first-order chi connectivity index (χ1) is 24.4. The van der Waals surface area contributed by atoms with Crippen molar-refractivity contribution in [3.63, 3.8) is 0 Å². The van der Waals surface area contributed by atoms with E-state index in [1.54, 1.807) is 4.90 Å². The van der Waals surface area contributed by atoms with Crippen molar-refractivity contribution >= 4 is 29.7 Å². The lowest BCUT2D eigenvalue weighted by Crippen LogP contribution is -2.63. The highest BCUT2D eigenvalue weighted by atomic mass is 16.4. The number of unbranched alkanes of at least 4 members (excludes halogenated alkanes) is 1. The lowest BCUT2D eigenvalue weighted by molar-refractivity contribution is -0.141. The van der Waals surface area contributed by atoms with Crippen molar-refractivity contribution in [2.24, 2.45) is 22.8 Å². The Hall–Kier alpha value is -4.49. The van der Waals surface area contributed by atoms with Crippen LogP contribution in [0.3, 0.4) is 0 Å². The minimum Gasteiger partial charge on any atom is -0.465 e. The van der Waals surface area contributed by atoms with Crippen LogP contribution >= 0.6 is 0 Å². The number of nitrogens with two attached hydrogens (primary N) is 2. The fourth-order valence-electron chi connectivity index (χ4n) is 6.93. The molecule has 13 heteroatoms. The van der Waals surface area contributed by atoms with E-state index in [4.69, 9.17) is 11.5 Å². The molecule has 51 heavy (non-hydrogen) atoms. The number of hydrogen-bond acceptors (Lipinski definition) is 7. The third kappa shape index (κ3) is 11.5. The van der Waals surface area contributed by atoms with Gasteiger partial charge in [-0.1, -0.05) is 74.5 Å². The molecule has 2 aliphatic heterocycles. The Labute approximate surface area is 300 Å². The molecule has 5 amide bonds. The summed E-state index contributed by atoms with van der Waals surface area (Å²) in [5.41, 5.74) is 13.6. The standard InChI is InChI=1S/C38H55N7O6/c1-26(2)21-31(34(47)41-30(15-9-10-18-39)36(49)44-19-16-38(17-20-44)24-45(25-38)37(50)51)43-35(48)32(23-28-13-7-4-8-14-28)42-33(46)29(40)22-27-11-5-3-6-12-27/h3-8,11-14,26,29-32H,9-10,15-25,39-40H2,1-2H3,(H,41,47)(H,42,46)(H,43,48)(H,50,51)/t29-,30-,31-,32-/m1/s1. The smallest absolute Gasteiger partial charge is 0.407 e. The number of carbonyl (C=O) groups is 5. The van der Waals surface area contributed by atoms with Crippen LogP contribution in [-0.2, 0) is 32.0 Å². The van der Waals surface area contributed by atoms with E-state index in [-0.39, 0.29) is 23.7 Å². The van der Waals surface area contributed by atoms with E-state index in [0.717, 1.165) is 11.1 Å². The summed E-state index contributed by atoms with van der Waals surface area (Å²) in [6.45, 7) is 6.25. The highest BCUT2D eigenvalue weighted by Crippen LogP contribution is 2.40. The first-order valence-corrected chi connectivity index (χ1v) is 18.1. The Balaban J connectivity index is 1.44. The van der Waals surface area contributed by atoms with Gasteiger partial charge in [0.15, 0.2) is 0 Å². The zero-order valence-electron chi connectivity index (χ0n) is 29.9. The molecule has 278 valence electrons. The maximum Gasteiger partial charge on any atom is 0.407 e. The number of hydrogen-bond donors (Lipinski definition) is 6. The van der Waals surface area contributed by atoms with E-state index in [9.17, 15) is 29.1 Å². The number of piperidine rings is 1. The molecule has 8 N–H and O–H groups in total. The fraction of sp³-hybridized carbons (Fsp3) is 0.553. The second-order valence-electron chi connectivity index (χ2n) is 14.5. The quantitative estimate of drug-likeness (QED) is 0.134. The zero-order valence-corrected chi connectivity index (χ0v) is 29.9. The topological polar surface area (TPSA) is 200 Å². The molecule has 0 unspecified atom stereocenters. The van der Waals surface area contributed by atoms with Crippen LogP contribution in [-0.4, -0.2) is 102 Å². The Morgan fingerprint density at radius 3 is 1.82 bits per heavy atom. The highest BCUT2D eigenvalue weighted by Gasteiger charge is 2.48. The van der Waals surface area contributed by atoms with Gasteiger partial charge in [-0.15, -0.1) is 0 Å². The number of nitrogens with one attached hydrogen (secondary N) is 3. The molecule has 2 aromatic rings. The molecule has 4 rings (SSSR count). The number of likely N-dealkylation sites (tertiary alicyclic amines) is 2. The van der Waals surface area contributed by atoms with Gasteiger partial charge in [-0.2, -0.15) is 0 Å². The Bertz CT molecular complexity index is 1460. The molecule has 2 saturated heterocycles. The van der Waals surface area contributed by atoms with E-state index in [0.29, 0.717) is 77.7 Å². The van der Waals surface area contributed by atoms with Crippen LogP contribution in [0.5, 0.6) is 0 Å². The van der Waals surface area contributed by atoms with E-state index in [1.807, 2.05) is 74.5 Å². The van der Waals surface area contributed by atoms with Crippen LogP contribution in [0.15, 0.2) is 60.7 Å². The molecule has 13 nitrogen and oxygen atoms in total. The molecule has 0 aromatic heterocycles. The number of carboxylic acid groups (broad SMARTS) is 1. The summed E-state index contributed by atoms with van der Waals surface area (Å²) in [4.78, 5) is 69.4. The van der Waals surface area contributed by atoms with Gasteiger partial charge in [0.1, 0.15) is 18.1 Å². The van der Waals surface area contributed by atoms with E-state index in [1.165, 1.54) is 4.90 Å². The molecule has 0 bridgehead atoms. The van der Waals surface area contributed by atoms with E-state index >= 15 is 0 Å². The van der Waals surface area contributed by atoms with Gasteiger partial charge in [0.25, 0.3) is 0 Å². The molecule has 2 fully saturated rings. The molecule has 2 aliphatic rings. The minimum atomic E-state index is -1.00. The second-order valence-corrected chi connectivity index (χ2v) is 14.5. The maximum absolute atomic E-state index is 13.9. The first kappa shape index (κ1) is 39.3. The maximum atomic E-state index is 13.9. The number of benzene rings is 2. The molecule has 2 heterocycles. The summed E-state index contributed by atoms with van der Waals surface area (Å²) < 4.78 is 0. The Morgan fingerprint density at radius 2 is 1.27 bits per heavy atom. The van der Waals surface area contributed by atoms with Gasteiger partial charge >= 0.3 is 6.09 Å². The van der Waals surface area contributed by atoms with Crippen LogP contribution < -0.4 is 27.4 Å². The Morgan fingerprint density at radius 1 is 0.745 bits per heavy atom. The van der Waals surface area contributed by atoms with Crippen molar-refractivity contribution in [3.05, 3.63) is 71.8 Å². The molecule has 0 saturated carbocycles. The lowest BCUT2D eigenvalue weighted by atomic mass is 9.72. The largest absolute Gasteiger partial charge is 0.465 e.